The van der Waals surface area contributed by atoms with Crippen molar-refractivity contribution in [2.75, 3.05) is 0 Å². The molecule has 1 heterocycles. The Morgan fingerprint density at radius 3 is 2.45 bits per heavy atom. The van der Waals surface area contributed by atoms with Crippen molar-refractivity contribution in [3.8, 4) is 6.07 Å². The Bertz CT molecular complexity index is 923. The van der Waals surface area contributed by atoms with Gasteiger partial charge in [0.15, 0.2) is 0 Å². The van der Waals surface area contributed by atoms with Gasteiger partial charge < -0.3 is 0 Å². The third-order valence-electron chi connectivity index (χ3n) is 3.45. The van der Waals surface area contributed by atoms with Crippen molar-refractivity contribution in [1.82, 2.24) is 9.78 Å². The average molecular weight is 293 g/mol. The quantitative estimate of drug-likeness (QED) is 0.746. The van der Waals surface area contributed by atoms with E-state index in [2.05, 4.69) is 5.10 Å². The normalized spacial score (nSPS) is 10.5. The maximum absolute atomic E-state index is 13.0. The number of fused-ring (bicyclic) bond motifs is 1. The predicted octanol–water partition coefficient (Wildman–Crippen LogP) is 2.65. The van der Waals surface area contributed by atoms with Crippen LogP contribution < -0.4 is 5.56 Å². The molecule has 0 spiro atoms. The van der Waals surface area contributed by atoms with Crippen LogP contribution in [0.25, 0.3) is 10.8 Å². The second-order valence-electron chi connectivity index (χ2n) is 4.92. The SMILES string of the molecule is N#CCn1nc(Cc2ccc(F)cc2)c2ccccc2c1=O. The van der Waals surface area contributed by atoms with E-state index in [0.29, 0.717) is 17.5 Å². The number of hydrogen-bond donors (Lipinski definition) is 0. The van der Waals surface area contributed by atoms with Crippen LogP contribution in [-0.2, 0) is 13.0 Å². The Balaban J connectivity index is 2.15. The Labute approximate surface area is 126 Å². The van der Waals surface area contributed by atoms with E-state index in [1.54, 1.807) is 24.3 Å². The fraction of sp³-hybridized carbons (Fsp3) is 0.118. The molecular formula is C17H12FN3O. The van der Waals surface area contributed by atoms with E-state index < -0.39 is 0 Å². The summed E-state index contributed by atoms with van der Waals surface area (Å²) in [5, 5.41) is 14.4. The molecule has 0 aliphatic rings. The van der Waals surface area contributed by atoms with Gasteiger partial charge in [0, 0.05) is 11.8 Å². The molecule has 0 saturated heterocycles. The van der Waals surface area contributed by atoms with Crippen molar-refractivity contribution >= 4 is 10.8 Å². The summed E-state index contributed by atoms with van der Waals surface area (Å²) in [4.78, 5) is 12.3. The molecule has 5 heteroatoms. The molecule has 2 aromatic carbocycles. The smallest absolute Gasteiger partial charge is 0.267 e. The van der Waals surface area contributed by atoms with Gasteiger partial charge in [0.1, 0.15) is 12.4 Å². The topological polar surface area (TPSA) is 58.7 Å². The van der Waals surface area contributed by atoms with Gasteiger partial charge in [-0.25, -0.2) is 9.07 Å². The summed E-state index contributed by atoms with van der Waals surface area (Å²) in [6.07, 6.45) is 0.465. The fourth-order valence-corrected chi connectivity index (χ4v) is 2.41. The highest BCUT2D eigenvalue weighted by Gasteiger charge is 2.10. The van der Waals surface area contributed by atoms with E-state index in [9.17, 15) is 9.18 Å². The summed E-state index contributed by atoms with van der Waals surface area (Å²) in [7, 11) is 0. The average Bonchev–Trinajstić information content (AvgIpc) is 2.54. The summed E-state index contributed by atoms with van der Waals surface area (Å²) < 4.78 is 14.2. The maximum Gasteiger partial charge on any atom is 0.275 e. The number of halogens is 1. The van der Waals surface area contributed by atoms with E-state index >= 15 is 0 Å². The Morgan fingerprint density at radius 2 is 1.77 bits per heavy atom. The molecule has 0 atom stereocenters. The molecule has 22 heavy (non-hydrogen) atoms. The number of nitriles is 1. The Hall–Kier alpha value is -3.00. The zero-order valence-corrected chi connectivity index (χ0v) is 11.7. The van der Waals surface area contributed by atoms with Gasteiger partial charge in [-0.3, -0.25) is 4.79 Å². The third kappa shape index (κ3) is 2.59. The summed E-state index contributed by atoms with van der Waals surface area (Å²) in [5.74, 6) is -0.295. The van der Waals surface area contributed by atoms with Crippen LogP contribution >= 0.6 is 0 Å². The highest BCUT2D eigenvalue weighted by atomic mass is 19.1. The van der Waals surface area contributed by atoms with Crippen LogP contribution in [0, 0.1) is 17.1 Å². The molecule has 0 bridgehead atoms. The molecule has 1 aromatic heterocycles. The van der Waals surface area contributed by atoms with Crippen LogP contribution in [-0.4, -0.2) is 9.78 Å². The highest BCUT2D eigenvalue weighted by Crippen LogP contribution is 2.17. The first-order chi connectivity index (χ1) is 10.7. The van der Waals surface area contributed by atoms with Crippen LogP contribution in [0.4, 0.5) is 4.39 Å². The van der Waals surface area contributed by atoms with Crippen molar-refractivity contribution in [2.45, 2.75) is 13.0 Å². The molecule has 3 rings (SSSR count). The van der Waals surface area contributed by atoms with Crippen molar-refractivity contribution in [2.24, 2.45) is 0 Å². The van der Waals surface area contributed by atoms with Gasteiger partial charge in [-0.15, -0.1) is 0 Å². The molecule has 0 amide bonds. The van der Waals surface area contributed by atoms with E-state index in [1.807, 2.05) is 18.2 Å². The number of benzene rings is 2. The predicted molar refractivity (Wildman–Crippen MR) is 80.8 cm³/mol. The summed E-state index contributed by atoms with van der Waals surface area (Å²) in [6.45, 7) is -0.0971. The van der Waals surface area contributed by atoms with E-state index in [-0.39, 0.29) is 17.9 Å². The summed E-state index contributed by atoms with van der Waals surface area (Å²) in [5.41, 5.74) is 1.30. The minimum Gasteiger partial charge on any atom is -0.267 e. The second-order valence-corrected chi connectivity index (χ2v) is 4.92. The van der Waals surface area contributed by atoms with Gasteiger partial charge in [0.25, 0.3) is 5.56 Å². The zero-order chi connectivity index (χ0) is 15.5. The minimum absolute atomic E-state index is 0.0971. The number of aromatic nitrogens is 2. The molecule has 0 aliphatic carbocycles. The first-order valence-electron chi connectivity index (χ1n) is 6.79. The van der Waals surface area contributed by atoms with Crippen LogP contribution in [0.15, 0.2) is 53.3 Å². The molecule has 4 nitrogen and oxygen atoms in total. The van der Waals surface area contributed by atoms with Crippen LogP contribution in [0.2, 0.25) is 0 Å². The van der Waals surface area contributed by atoms with Gasteiger partial charge >= 0.3 is 0 Å². The van der Waals surface area contributed by atoms with Crippen LogP contribution in [0.5, 0.6) is 0 Å². The first-order valence-corrected chi connectivity index (χ1v) is 6.79. The Morgan fingerprint density at radius 1 is 1.09 bits per heavy atom. The van der Waals surface area contributed by atoms with Gasteiger partial charge in [0.2, 0.25) is 0 Å². The molecule has 0 radical (unpaired) electrons. The second kappa shape index (κ2) is 5.78. The van der Waals surface area contributed by atoms with E-state index in [4.69, 9.17) is 5.26 Å². The zero-order valence-electron chi connectivity index (χ0n) is 11.7. The van der Waals surface area contributed by atoms with Gasteiger partial charge in [-0.2, -0.15) is 10.4 Å². The van der Waals surface area contributed by atoms with Crippen LogP contribution in [0.1, 0.15) is 11.3 Å². The lowest BCUT2D eigenvalue weighted by molar-refractivity contribution is 0.626. The van der Waals surface area contributed by atoms with Crippen LogP contribution in [0.3, 0.4) is 0 Å². The number of hydrogen-bond acceptors (Lipinski definition) is 3. The lowest BCUT2D eigenvalue weighted by Gasteiger charge is -2.09. The Kier molecular flexibility index (Phi) is 3.67. The van der Waals surface area contributed by atoms with E-state index in [1.165, 1.54) is 16.8 Å². The monoisotopic (exact) mass is 293 g/mol. The molecule has 108 valence electrons. The molecule has 0 fully saturated rings. The standard InChI is InChI=1S/C17H12FN3O/c18-13-7-5-12(6-8-13)11-16-14-3-1-2-4-15(14)17(22)21(20-16)10-9-19/h1-8H,10-11H2. The highest BCUT2D eigenvalue weighted by molar-refractivity contribution is 5.83. The van der Waals surface area contributed by atoms with Gasteiger partial charge in [-0.1, -0.05) is 30.3 Å². The first kappa shape index (κ1) is 14.0. The van der Waals surface area contributed by atoms with E-state index in [0.717, 1.165) is 10.9 Å². The maximum atomic E-state index is 13.0. The molecule has 0 N–H and O–H groups in total. The molecule has 0 aliphatic heterocycles. The van der Waals surface area contributed by atoms with Gasteiger partial charge in [-0.05, 0) is 23.8 Å². The molecule has 0 saturated carbocycles. The molecule has 0 unspecified atom stereocenters. The fourth-order valence-electron chi connectivity index (χ4n) is 2.41. The lowest BCUT2D eigenvalue weighted by atomic mass is 10.0. The van der Waals surface area contributed by atoms with Gasteiger partial charge in [0.05, 0.1) is 17.1 Å². The van der Waals surface area contributed by atoms with Crippen molar-refractivity contribution in [3.63, 3.8) is 0 Å². The number of rotatable bonds is 3. The van der Waals surface area contributed by atoms with Crippen molar-refractivity contribution in [1.29, 1.82) is 5.26 Å². The minimum atomic E-state index is -0.295. The largest absolute Gasteiger partial charge is 0.275 e. The summed E-state index contributed by atoms with van der Waals surface area (Å²) in [6, 6.07) is 15.3. The van der Waals surface area contributed by atoms with Crippen molar-refractivity contribution < 1.29 is 4.39 Å². The number of nitrogens with zero attached hydrogens (tertiary/aromatic N) is 3. The molecule has 3 aromatic rings. The van der Waals surface area contributed by atoms with Crippen molar-refractivity contribution in [3.05, 3.63) is 76.0 Å². The lowest BCUT2D eigenvalue weighted by Crippen LogP contribution is -2.24. The third-order valence-corrected chi connectivity index (χ3v) is 3.45. The molecular weight excluding hydrogens is 281 g/mol. The summed E-state index contributed by atoms with van der Waals surface area (Å²) >= 11 is 0.